The summed E-state index contributed by atoms with van der Waals surface area (Å²) in [6.07, 6.45) is 7.47. The number of nitrogens with zero attached hydrogens (tertiary/aromatic N) is 2. The van der Waals surface area contributed by atoms with Crippen LogP contribution in [0.1, 0.15) is 57.1 Å². The molecule has 3 N–H and O–H groups in total. The van der Waals surface area contributed by atoms with Crippen LogP contribution in [0.25, 0.3) is 10.8 Å². The Bertz CT molecular complexity index is 1170. The number of nitrogens with one attached hydrogen (secondary N) is 1. The van der Waals surface area contributed by atoms with E-state index in [9.17, 15) is 9.59 Å². The van der Waals surface area contributed by atoms with E-state index in [4.69, 9.17) is 5.73 Å². The van der Waals surface area contributed by atoms with Gasteiger partial charge in [0.05, 0.1) is 12.6 Å². The Morgan fingerprint density at radius 1 is 1.03 bits per heavy atom. The van der Waals surface area contributed by atoms with Crippen LogP contribution in [0.15, 0.2) is 60.8 Å². The molecule has 0 spiro atoms. The van der Waals surface area contributed by atoms with Gasteiger partial charge in [-0.15, -0.1) is 0 Å². The van der Waals surface area contributed by atoms with Crippen molar-refractivity contribution >= 4 is 28.3 Å². The third kappa shape index (κ3) is 6.70. The van der Waals surface area contributed by atoms with E-state index >= 15 is 0 Å². The van der Waals surface area contributed by atoms with Crippen molar-refractivity contribution in [2.75, 3.05) is 12.3 Å². The Morgan fingerprint density at radius 2 is 1.78 bits per heavy atom. The van der Waals surface area contributed by atoms with Crippen LogP contribution in [0.3, 0.4) is 0 Å². The Hall–Kier alpha value is -3.25. The first-order valence-corrected chi connectivity index (χ1v) is 13.2. The van der Waals surface area contributed by atoms with E-state index in [0.29, 0.717) is 43.7 Å². The molecule has 1 aliphatic heterocycles. The summed E-state index contributed by atoms with van der Waals surface area (Å²) in [5.41, 5.74) is 8.22. The van der Waals surface area contributed by atoms with Crippen molar-refractivity contribution in [2.24, 2.45) is 0 Å². The van der Waals surface area contributed by atoms with Gasteiger partial charge in [0, 0.05) is 30.1 Å². The number of piperidine rings is 1. The number of aryl methyl sites for hydroxylation is 2. The van der Waals surface area contributed by atoms with Crippen LogP contribution >= 0.6 is 0 Å². The minimum absolute atomic E-state index is 0.0595. The standard InChI is InChI=1S/C30H38N4O2/c1-21-7-6-8-22(2)34(21)20-29(36)33-27(15-12-23-9-4-3-5-10-23)28(35)16-13-24-11-14-26-25(19-24)17-18-32-30(26)31/h3-5,9-11,14,17-19,21-22,27H,6-8,12-13,15-16,20H2,1-2H3,(H2,31,32)(H,33,36)/t21-,22+,27-/m0/s1. The average molecular weight is 487 g/mol. The number of rotatable bonds is 10. The molecule has 1 fully saturated rings. The summed E-state index contributed by atoms with van der Waals surface area (Å²) in [5.74, 6) is 0.528. The predicted octanol–water partition coefficient (Wildman–Crippen LogP) is 4.70. The summed E-state index contributed by atoms with van der Waals surface area (Å²) >= 11 is 0. The maximum absolute atomic E-state index is 13.4. The molecule has 3 atom stereocenters. The van der Waals surface area contributed by atoms with Crippen molar-refractivity contribution in [1.29, 1.82) is 0 Å². The van der Waals surface area contributed by atoms with Crippen molar-refractivity contribution in [2.45, 2.75) is 76.9 Å². The third-order valence-corrected chi connectivity index (χ3v) is 7.51. The van der Waals surface area contributed by atoms with Gasteiger partial charge in [-0.2, -0.15) is 0 Å². The van der Waals surface area contributed by atoms with Crippen LogP contribution in [0.2, 0.25) is 0 Å². The zero-order valence-electron chi connectivity index (χ0n) is 21.5. The Morgan fingerprint density at radius 3 is 2.53 bits per heavy atom. The lowest BCUT2D eigenvalue weighted by atomic mass is 9.96. The summed E-state index contributed by atoms with van der Waals surface area (Å²) in [6, 6.07) is 18.4. The van der Waals surface area contributed by atoms with Gasteiger partial charge in [0.1, 0.15) is 5.82 Å². The molecule has 1 aliphatic rings. The van der Waals surface area contributed by atoms with E-state index in [0.717, 1.165) is 35.6 Å². The van der Waals surface area contributed by atoms with Crippen LogP contribution in [0.4, 0.5) is 5.82 Å². The van der Waals surface area contributed by atoms with E-state index in [1.165, 1.54) is 12.0 Å². The zero-order chi connectivity index (χ0) is 25.5. The molecule has 2 aromatic carbocycles. The van der Waals surface area contributed by atoms with E-state index < -0.39 is 6.04 Å². The number of ketones is 1. The van der Waals surface area contributed by atoms with Gasteiger partial charge in [0.2, 0.25) is 5.91 Å². The molecule has 1 aromatic heterocycles. The normalized spacial score (nSPS) is 19.2. The number of carbonyl (C=O) groups excluding carboxylic acids is 2. The van der Waals surface area contributed by atoms with Crippen molar-refractivity contribution in [3.8, 4) is 0 Å². The largest absolute Gasteiger partial charge is 0.383 e. The van der Waals surface area contributed by atoms with E-state index in [1.54, 1.807) is 6.20 Å². The average Bonchev–Trinajstić information content (AvgIpc) is 2.88. The molecule has 3 aromatic rings. The quantitative estimate of drug-likeness (QED) is 0.434. The first kappa shape index (κ1) is 25.8. The number of fused-ring (bicyclic) bond motifs is 1. The van der Waals surface area contributed by atoms with Crippen molar-refractivity contribution in [3.05, 3.63) is 71.9 Å². The number of aromatic nitrogens is 1. The van der Waals surface area contributed by atoms with Gasteiger partial charge in [-0.3, -0.25) is 14.5 Å². The molecule has 4 rings (SSSR count). The molecule has 36 heavy (non-hydrogen) atoms. The number of pyridine rings is 1. The molecule has 6 heteroatoms. The van der Waals surface area contributed by atoms with Crippen LogP contribution < -0.4 is 11.1 Å². The summed E-state index contributed by atoms with van der Waals surface area (Å²) in [5, 5.41) is 5.03. The second kappa shape index (κ2) is 12.1. The first-order valence-electron chi connectivity index (χ1n) is 13.2. The molecular formula is C30H38N4O2. The molecule has 6 nitrogen and oxygen atoms in total. The van der Waals surface area contributed by atoms with Crippen LogP contribution in [0, 0.1) is 0 Å². The van der Waals surface area contributed by atoms with Gasteiger partial charge in [-0.1, -0.05) is 55.0 Å². The van der Waals surface area contributed by atoms with Gasteiger partial charge in [0.25, 0.3) is 0 Å². The van der Waals surface area contributed by atoms with Gasteiger partial charge in [0.15, 0.2) is 5.78 Å². The van der Waals surface area contributed by atoms with Crippen molar-refractivity contribution in [1.82, 2.24) is 15.2 Å². The van der Waals surface area contributed by atoms with Crippen LogP contribution in [0.5, 0.6) is 0 Å². The molecule has 2 heterocycles. The third-order valence-electron chi connectivity index (χ3n) is 7.51. The van der Waals surface area contributed by atoms with Crippen molar-refractivity contribution < 1.29 is 9.59 Å². The number of hydrogen-bond acceptors (Lipinski definition) is 5. The summed E-state index contributed by atoms with van der Waals surface area (Å²) < 4.78 is 0. The Labute approximate surface area is 214 Å². The minimum atomic E-state index is -0.492. The number of hydrogen-bond donors (Lipinski definition) is 2. The Balaban J connectivity index is 1.41. The smallest absolute Gasteiger partial charge is 0.234 e. The van der Waals surface area contributed by atoms with Gasteiger partial charge in [-0.05, 0) is 68.5 Å². The van der Waals surface area contributed by atoms with Gasteiger partial charge < -0.3 is 11.1 Å². The maximum Gasteiger partial charge on any atom is 0.234 e. The number of nitrogen functional groups attached to an aromatic ring is 1. The number of benzene rings is 2. The summed E-state index contributed by atoms with van der Waals surface area (Å²) in [4.78, 5) is 32.8. The highest BCUT2D eigenvalue weighted by Gasteiger charge is 2.28. The molecule has 0 bridgehead atoms. The van der Waals surface area contributed by atoms with Crippen LogP contribution in [-0.2, 0) is 22.4 Å². The fraction of sp³-hybridized carbons (Fsp3) is 0.433. The number of carbonyl (C=O) groups is 2. The lowest BCUT2D eigenvalue weighted by Crippen LogP contribution is -2.51. The molecule has 0 aliphatic carbocycles. The maximum atomic E-state index is 13.4. The lowest BCUT2D eigenvalue weighted by Gasteiger charge is -2.38. The molecular weight excluding hydrogens is 448 g/mol. The lowest BCUT2D eigenvalue weighted by molar-refractivity contribution is -0.129. The molecule has 1 amide bonds. The minimum Gasteiger partial charge on any atom is -0.383 e. The highest BCUT2D eigenvalue weighted by molar-refractivity contribution is 5.92. The first-order chi connectivity index (χ1) is 17.4. The number of anilines is 1. The fourth-order valence-corrected chi connectivity index (χ4v) is 5.31. The fourth-order valence-electron chi connectivity index (χ4n) is 5.31. The van der Waals surface area contributed by atoms with Gasteiger partial charge in [-0.25, -0.2) is 4.98 Å². The monoisotopic (exact) mass is 486 g/mol. The van der Waals surface area contributed by atoms with Crippen molar-refractivity contribution in [3.63, 3.8) is 0 Å². The number of nitrogens with two attached hydrogens (primary N) is 1. The molecule has 0 saturated carbocycles. The number of likely N-dealkylation sites (tertiary alicyclic amines) is 1. The van der Waals surface area contributed by atoms with E-state index in [1.807, 2.05) is 36.4 Å². The zero-order valence-corrected chi connectivity index (χ0v) is 21.5. The topological polar surface area (TPSA) is 88.3 Å². The summed E-state index contributed by atoms with van der Waals surface area (Å²) in [6.45, 7) is 4.72. The van der Waals surface area contributed by atoms with Crippen LogP contribution in [-0.4, -0.2) is 46.2 Å². The highest BCUT2D eigenvalue weighted by Crippen LogP contribution is 2.23. The molecule has 0 unspecified atom stereocenters. The number of amides is 1. The second-order valence-corrected chi connectivity index (χ2v) is 10.2. The molecule has 0 radical (unpaired) electrons. The SMILES string of the molecule is C[C@@H]1CCC[C@H](C)N1CC(=O)N[C@@H](CCc1ccccc1)C(=O)CCc1ccc2c(N)nccc2c1. The van der Waals surface area contributed by atoms with E-state index in [-0.39, 0.29) is 11.7 Å². The Kier molecular flexibility index (Phi) is 8.70. The molecule has 1 saturated heterocycles. The van der Waals surface area contributed by atoms with E-state index in [2.05, 4.69) is 47.2 Å². The number of Topliss-reactive ketones (excluding diaryl/α,β-unsaturated/α-hetero) is 1. The predicted molar refractivity (Wildman–Crippen MR) is 146 cm³/mol. The molecule has 190 valence electrons. The summed E-state index contributed by atoms with van der Waals surface area (Å²) in [7, 11) is 0. The highest BCUT2D eigenvalue weighted by atomic mass is 16.2. The second-order valence-electron chi connectivity index (χ2n) is 10.2. The van der Waals surface area contributed by atoms with Gasteiger partial charge >= 0.3 is 0 Å².